The summed E-state index contributed by atoms with van der Waals surface area (Å²) in [5.41, 5.74) is 0. The average Bonchev–Trinajstić information content (AvgIpc) is 1.98. The van der Waals surface area contributed by atoms with Crippen molar-refractivity contribution >= 4 is 35.1 Å². The molecule has 6 heteroatoms. The zero-order valence-electron chi connectivity index (χ0n) is 6.96. The van der Waals surface area contributed by atoms with Gasteiger partial charge in [-0.1, -0.05) is 0 Å². The van der Waals surface area contributed by atoms with E-state index in [-0.39, 0.29) is 10.4 Å². The average molecular weight is 237 g/mol. The lowest BCUT2D eigenvalue weighted by Crippen LogP contribution is -2.01. The third-order valence-electron chi connectivity index (χ3n) is 0.778. The van der Waals surface area contributed by atoms with Crippen LogP contribution in [-0.2, 0) is 19.1 Å². The molecule has 0 saturated carbocycles. The van der Waals surface area contributed by atoms with Gasteiger partial charge >= 0.3 is 11.9 Å². The van der Waals surface area contributed by atoms with Gasteiger partial charge in [-0.15, -0.1) is 0 Å². The standard InChI is InChI=1S/C8H6Cl2O4/c1-5(9)13-7(11)3-4-8(12)14-6(2)10/h3-4H,1-2H2/b4-3-. The lowest BCUT2D eigenvalue weighted by molar-refractivity contribution is -0.135. The van der Waals surface area contributed by atoms with Crippen LogP contribution in [-0.4, -0.2) is 11.9 Å². The van der Waals surface area contributed by atoms with Crippen molar-refractivity contribution in [2.75, 3.05) is 0 Å². The zero-order valence-corrected chi connectivity index (χ0v) is 8.47. The van der Waals surface area contributed by atoms with Crippen LogP contribution in [0.3, 0.4) is 0 Å². The first kappa shape index (κ1) is 12.7. The molecule has 0 aliphatic heterocycles. The summed E-state index contributed by atoms with van der Waals surface area (Å²) >= 11 is 10.3. The SMILES string of the molecule is C=C(Cl)OC(=O)/C=C\C(=O)OC(=C)Cl. The summed E-state index contributed by atoms with van der Waals surface area (Å²) in [5.74, 6) is -1.69. The van der Waals surface area contributed by atoms with Crippen LogP contribution in [0.4, 0.5) is 0 Å². The first-order chi connectivity index (χ1) is 6.41. The van der Waals surface area contributed by atoms with Crippen LogP contribution in [0.2, 0.25) is 0 Å². The molecule has 0 radical (unpaired) electrons. The molecule has 14 heavy (non-hydrogen) atoms. The van der Waals surface area contributed by atoms with Gasteiger partial charge in [0.2, 0.25) is 0 Å². The molecule has 0 aromatic rings. The number of ether oxygens (including phenoxy) is 2. The van der Waals surface area contributed by atoms with Crippen molar-refractivity contribution in [1.29, 1.82) is 0 Å². The van der Waals surface area contributed by atoms with Crippen LogP contribution < -0.4 is 0 Å². The second-order valence-corrected chi connectivity index (χ2v) is 2.73. The minimum absolute atomic E-state index is 0.297. The quantitative estimate of drug-likeness (QED) is 0.426. The molecule has 4 nitrogen and oxygen atoms in total. The molecule has 0 aliphatic carbocycles. The van der Waals surface area contributed by atoms with Crippen molar-refractivity contribution < 1.29 is 19.1 Å². The number of hydrogen-bond donors (Lipinski definition) is 0. The first-order valence-corrected chi connectivity index (χ1v) is 3.98. The van der Waals surface area contributed by atoms with Gasteiger partial charge in [0, 0.05) is 12.2 Å². The van der Waals surface area contributed by atoms with E-state index < -0.39 is 11.9 Å². The van der Waals surface area contributed by atoms with Crippen molar-refractivity contribution in [2.24, 2.45) is 0 Å². The van der Waals surface area contributed by atoms with Gasteiger partial charge < -0.3 is 9.47 Å². The summed E-state index contributed by atoms with van der Waals surface area (Å²) in [7, 11) is 0. The van der Waals surface area contributed by atoms with E-state index in [2.05, 4.69) is 22.6 Å². The highest BCUT2D eigenvalue weighted by atomic mass is 35.5. The van der Waals surface area contributed by atoms with E-state index >= 15 is 0 Å². The Hall–Kier alpha value is -1.26. The van der Waals surface area contributed by atoms with Gasteiger partial charge in [0.15, 0.2) is 10.4 Å². The summed E-state index contributed by atoms with van der Waals surface area (Å²) < 4.78 is 8.58. The Labute approximate surface area is 90.4 Å². The largest absolute Gasteiger partial charge is 0.412 e. The van der Waals surface area contributed by atoms with Crippen molar-refractivity contribution in [3.05, 3.63) is 35.7 Å². The van der Waals surface area contributed by atoms with Crippen LogP contribution in [0.25, 0.3) is 0 Å². The van der Waals surface area contributed by atoms with Crippen molar-refractivity contribution in [3.63, 3.8) is 0 Å². The molecule has 0 aromatic carbocycles. The molecule has 0 saturated heterocycles. The van der Waals surface area contributed by atoms with Crippen LogP contribution in [0.15, 0.2) is 35.7 Å². The molecular weight excluding hydrogens is 231 g/mol. The molecule has 76 valence electrons. The lowest BCUT2D eigenvalue weighted by atomic mass is 10.5. The molecule has 0 aromatic heterocycles. The van der Waals surface area contributed by atoms with Gasteiger partial charge in [-0.2, -0.15) is 0 Å². The highest BCUT2D eigenvalue weighted by molar-refractivity contribution is 6.29. The maximum atomic E-state index is 10.7. The van der Waals surface area contributed by atoms with Crippen LogP contribution in [0, 0.1) is 0 Å². The fourth-order valence-corrected chi connectivity index (χ4v) is 0.575. The fraction of sp³-hybridized carbons (Fsp3) is 0. The molecule has 0 unspecified atom stereocenters. The third-order valence-corrected chi connectivity index (χ3v) is 0.932. The number of rotatable bonds is 4. The lowest BCUT2D eigenvalue weighted by Gasteiger charge is -1.96. The molecule has 0 amide bonds. The second-order valence-electron chi connectivity index (χ2n) is 1.89. The highest BCUT2D eigenvalue weighted by Gasteiger charge is 2.02. The van der Waals surface area contributed by atoms with Gasteiger partial charge in [-0.25, -0.2) is 9.59 Å². The normalized spacial score (nSPS) is 9.57. The fourth-order valence-electron chi connectivity index (χ4n) is 0.422. The smallest absolute Gasteiger partial charge is 0.337 e. The molecule has 0 aliphatic rings. The Morgan fingerprint density at radius 3 is 1.43 bits per heavy atom. The van der Waals surface area contributed by atoms with Gasteiger partial charge in [-0.05, 0) is 36.4 Å². The van der Waals surface area contributed by atoms with E-state index in [0.717, 1.165) is 12.2 Å². The zero-order chi connectivity index (χ0) is 11.1. The summed E-state index contributed by atoms with van der Waals surface area (Å²) in [4.78, 5) is 21.5. The second kappa shape index (κ2) is 6.23. The number of halogens is 2. The summed E-state index contributed by atoms with van der Waals surface area (Å²) in [6.45, 7) is 6.22. The Morgan fingerprint density at radius 1 is 0.929 bits per heavy atom. The predicted octanol–water partition coefficient (Wildman–Crippen LogP) is 2.05. The Kier molecular flexibility index (Phi) is 5.67. The van der Waals surface area contributed by atoms with Crippen molar-refractivity contribution in [2.45, 2.75) is 0 Å². The third kappa shape index (κ3) is 7.39. The number of hydrogen-bond acceptors (Lipinski definition) is 4. The van der Waals surface area contributed by atoms with E-state index in [0.29, 0.717) is 0 Å². The van der Waals surface area contributed by atoms with Crippen LogP contribution >= 0.6 is 23.2 Å². The molecule has 0 rings (SSSR count). The molecular formula is C8H6Cl2O4. The summed E-state index contributed by atoms with van der Waals surface area (Å²) in [6.07, 6.45) is 1.63. The summed E-state index contributed by atoms with van der Waals surface area (Å²) in [6, 6.07) is 0. The van der Waals surface area contributed by atoms with Crippen molar-refractivity contribution in [3.8, 4) is 0 Å². The molecule has 0 bridgehead atoms. The van der Waals surface area contributed by atoms with Gasteiger partial charge in [0.1, 0.15) is 0 Å². The highest BCUT2D eigenvalue weighted by Crippen LogP contribution is 2.01. The van der Waals surface area contributed by atoms with Gasteiger partial charge in [0.25, 0.3) is 0 Å². The van der Waals surface area contributed by atoms with Crippen LogP contribution in [0.1, 0.15) is 0 Å². The van der Waals surface area contributed by atoms with Crippen LogP contribution in [0.5, 0.6) is 0 Å². The number of esters is 2. The van der Waals surface area contributed by atoms with E-state index in [4.69, 9.17) is 23.2 Å². The monoisotopic (exact) mass is 236 g/mol. The minimum atomic E-state index is -0.845. The van der Waals surface area contributed by atoms with E-state index in [1.807, 2.05) is 0 Å². The number of carbonyl (C=O) groups excluding carboxylic acids is 2. The predicted molar refractivity (Wildman–Crippen MR) is 51.3 cm³/mol. The first-order valence-electron chi connectivity index (χ1n) is 3.22. The summed E-state index contributed by atoms with van der Waals surface area (Å²) in [5, 5.41) is -0.593. The molecule has 0 heterocycles. The Morgan fingerprint density at radius 2 is 1.21 bits per heavy atom. The van der Waals surface area contributed by atoms with Gasteiger partial charge in [0.05, 0.1) is 0 Å². The maximum absolute atomic E-state index is 10.7. The molecule has 0 N–H and O–H groups in total. The number of carbonyl (C=O) groups is 2. The van der Waals surface area contributed by atoms with E-state index in [1.165, 1.54) is 0 Å². The topological polar surface area (TPSA) is 52.6 Å². The van der Waals surface area contributed by atoms with E-state index in [9.17, 15) is 9.59 Å². The van der Waals surface area contributed by atoms with E-state index in [1.54, 1.807) is 0 Å². The van der Waals surface area contributed by atoms with Crippen molar-refractivity contribution in [1.82, 2.24) is 0 Å². The Bertz CT molecular complexity index is 276. The molecule has 0 atom stereocenters. The minimum Gasteiger partial charge on any atom is -0.412 e. The Balaban J connectivity index is 4.04. The molecule has 0 fully saturated rings. The van der Waals surface area contributed by atoms with Gasteiger partial charge in [-0.3, -0.25) is 0 Å². The maximum Gasteiger partial charge on any atom is 0.337 e. The molecule has 0 spiro atoms.